The molecule has 0 bridgehead atoms. The van der Waals surface area contributed by atoms with E-state index in [1.807, 2.05) is 34.6 Å². The standard InChI is InChI=1S/C15H27NO4/c1-8-9-12(18-7)11-10-19-15(5,6)16(11)13(17)20-14(2,3)4/h8,11-12H,1,9-10H2,2-7H3/t11-,12+/m0/s1. The van der Waals surface area contributed by atoms with Crippen molar-refractivity contribution in [3.05, 3.63) is 12.7 Å². The Balaban J connectivity index is 2.95. The molecule has 5 heteroatoms. The van der Waals surface area contributed by atoms with E-state index in [0.717, 1.165) is 0 Å². The highest BCUT2D eigenvalue weighted by molar-refractivity contribution is 5.69. The molecule has 2 atom stereocenters. The molecule has 1 fully saturated rings. The zero-order valence-corrected chi connectivity index (χ0v) is 13.4. The van der Waals surface area contributed by atoms with Crippen molar-refractivity contribution in [3.63, 3.8) is 0 Å². The zero-order valence-electron chi connectivity index (χ0n) is 13.4. The molecule has 20 heavy (non-hydrogen) atoms. The monoisotopic (exact) mass is 285 g/mol. The Hall–Kier alpha value is -1.07. The Labute approximate surface area is 121 Å². The molecule has 0 aromatic rings. The normalized spacial score (nSPS) is 23.5. The van der Waals surface area contributed by atoms with Crippen LogP contribution in [-0.4, -0.2) is 48.2 Å². The van der Waals surface area contributed by atoms with Gasteiger partial charge in [-0.3, -0.25) is 4.90 Å². The third-order valence-electron chi connectivity index (χ3n) is 3.24. The van der Waals surface area contributed by atoms with Gasteiger partial charge in [0.15, 0.2) is 0 Å². The van der Waals surface area contributed by atoms with Gasteiger partial charge in [-0.1, -0.05) is 6.08 Å². The van der Waals surface area contributed by atoms with E-state index in [2.05, 4.69) is 6.58 Å². The second kappa shape index (κ2) is 6.14. The van der Waals surface area contributed by atoms with Crippen molar-refractivity contribution in [1.82, 2.24) is 4.90 Å². The molecule has 116 valence electrons. The van der Waals surface area contributed by atoms with Gasteiger partial charge in [0, 0.05) is 7.11 Å². The summed E-state index contributed by atoms with van der Waals surface area (Å²) in [4.78, 5) is 14.1. The third-order valence-corrected chi connectivity index (χ3v) is 3.24. The summed E-state index contributed by atoms with van der Waals surface area (Å²) < 4.78 is 16.7. The van der Waals surface area contributed by atoms with Crippen LogP contribution in [0.5, 0.6) is 0 Å². The van der Waals surface area contributed by atoms with Crippen LogP contribution in [0.1, 0.15) is 41.0 Å². The quantitative estimate of drug-likeness (QED) is 0.745. The highest BCUT2D eigenvalue weighted by atomic mass is 16.6. The molecule has 0 spiro atoms. The van der Waals surface area contributed by atoms with Crippen molar-refractivity contribution in [2.45, 2.75) is 64.5 Å². The molecule has 0 radical (unpaired) electrons. The fourth-order valence-corrected chi connectivity index (χ4v) is 2.35. The number of hydrogen-bond donors (Lipinski definition) is 0. The lowest BCUT2D eigenvalue weighted by Gasteiger charge is -2.37. The number of amides is 1. The van der Waals surface area contributed by atoms with Crippen LogP contribution in [0.4, 0.5) is 4.79 Å². The van der Waals surface area contributed by atoms with Crippen LogP contribution in [0.25, 0.3) is 0 Å². The average molecular weight is 285 g/mol. The Morgan fingerprint density at radius 2 is 2.15 bits per heavy atom. The lowest BCUT2D eigenvalue weighted by molar-refractivity contribution is -0.0695. The Morgan fingerprint density at radius 3 is 2.60 bits per heavy atom. The van der Waals surface area contributed by atoms with Crippen molar-refractivity contribution in [3.8, 4) is 0 Å². The van der Waals surface area contributed by atoms with E-state index >= 15 is 0 Å². The Bertz CT molecular complexity index is 359. The summed E-state index contributed by atoms with van der Waals surface area (Å²) in [5.74, 6) is 0. The highest BCUT2D eigenvalue weighted by Gasteiger charge is 2.48. The van der Waals surface area contributed by atoms with Gasteiger partial charge >= 0.3 is 6.09 Å². The third kappa shape index (κ3) is 3.96. The number of ether oxygens (including phenoxy) is 3. The number of methoxy groups -OCH3 is 1. The first-order valence-corrected chi connectivity index (χ1v) is 6.92. The summed E-state index contributed by atoms with van der Waals surface area (Å²) in [5, 5.41) is 0. The smallest absolute Gasteiger partial charge is 0.412 e. The van der Waals surface area contributed by atoms with E-state index in [9.17, 15) is 4.79 Å². The second-order valence-corrected chi connectivity index (χ2v) is 6.47. The van der Waals surface area contributed by atoms with Crippen LogP contribution >= 0.6 is 0 Å². The minimum Gasteiger partial charge on any atom is -0.444 e. The molecule has 0 aliphatic carbocycles. The fraction of sp³-hybridized carbons (Fsp3) is 0.800. The lowest BCUT2D eigenvalue weighted by atomic mass is 10.1. The van der Waals surface area contributed by atoms with Gasteiger partial charge < -0.3 is 14.2 Å². The number of hydrogen-bond acceptors (Lipinski definition) is 4. The van der Waals surface area contributed by atoms with E-state index in [-0.39, 0.29) is 18.2 Å². The first kappa shape index (κ1) is 17.0. The molecular weight excluding hydrogens is 258 g/mol. The molecule has 1 rings (SSSR count). The summed E-state index contributed by atoms with van der Waals surface area (Å²) in [6.45, 7) is 13.4. The maximum Gasteiger partial charge on any atom is 0.412 e. The minimum absolute atomic E-state index is 0.151. The molecule has 1 heterocycles. The van der Waals surface area contributed by atoms with Gasteiger partial charge in [0.25, 0.3) is 0 Å². The van der Waals surface area contributed by atoms with Gasteiger partial charge in [-0.15, -0.1) is 6.58 Å². The average Bonchev–Trinajstić information content (AvgIpc) is 2.59. The summed E-state index contributed by atoms with van der Waals surface area (Å²) >= 11 is 0. The van der Waals surface area contributed by atoms with Gasteiger partial charge in [-0.05, 0) is 41.0 Å². The van der Waals surface area contributed by atoms with E-state index in [0.29, 0.717) is 13.0 Å². The maximum atomic E-state index is 12.5. The van der Waals surface area contributed by atoms with E-state index < -0.39 is 11.3 Å². The first-order chi connectivity index (χ1) is 9.12. The molecule has 1 aliphatic heterocycles. The Kier molecular flexibility index (Phi) is 5.21. The number of rotatable bonds is 4. The first-order valence-electron chi connectivity index (χ1n) is 6.92. The zero-order chi connectivity index (χ0) is 15.6. The molecule has 5 nitrogen and oxygen atoms in total. The van der Waals surface area contributed by atoms with Crippen LogP contribution in [-0.2, 0) is 14.2 Å². The molecule has 1 aliphatic rings. The van der Waals surface area contributed by atoms with Gasteiger partial charge in [0.2, 0.25) is 0 Å². The SMILES string of the molecule is C=CC[C@@H](OC)[C@@H]1COC(C)(C)N1C(=O)OC(C)(C)C. The van der Waals surface area contributed by atoms with Crippen LogP contribution in [0.2, 0.25) is 0 Å². The van der Waals surface area contributed by atoms with Gasteiger partial charge in [0.05, 0.1) is 18.8 Å². The van der Waals surface area contributed by atoms with Crippen molar-refractivity contribution in [2.24, 2.45) is 0 Å². The summed E-state index contributed by atoms with van der Waals surface area (Å²) in [5.41, 5.74) is -1.24. The number of carbonyl (C=O) groups is 1. The number of nitrogens with zero attached hydrogens (tertiary/aromatic N) is 1. The predicted molar refractivity (Wildman–Crippen MR) is 77.5 cm³/mol. The van der Waals surface area contributed by atoms with Gasteiger partial charge in [0.1, 0.15) is 11.3 Å². The summed E-state index contributed by atoms with van der Waals surface area (Å²) in [7, 11) is 1.63. The highest BCUT2D eigenvalue weighted by Crippen LogP contribution is 2.32. The number of carbonyl (C=O) groups excluding carboxylic acids is 1. The largest absolute Gasteiger partial charge is 0.444 e. The van der Waals surface area contributed by atoms with Crippen molar-refractivity contribution < 1.29 is 19.0 Å². The van der Waals surface area contributed by atoms with Crippen LogP contribution in [0.15, 0.2) is 12.7 Å². The molecule has 0 unspecified atom stereocenters. The lowest BCUT2D eigenvalue weighted by Crippen LogP contribution is -2.53. The Morgan fingerprint density at radius 1 is 1.55 bits per heavy atom. The summed E-state index contributed by atoms with van der Waals surface area (Å²) in [6.07, 6.45) is 1.91. The van der Waals surface area contributed by atoms with Crippen LogP contribution < -0.4 is 0 Å². The fourth-order valence-electron chi connectivity index (χ4n) is 2.35. The van der Waals surface area contributed by atoms with Crippen LogP contribution in [0, 0.1) is 0 Å². The topological polar surface area (TPSA) is 48.0 Å². The second-order valence-electron chi connectivity index (χ2n) is 6.47. The maximum absolute atomic E-state index is 12.5. The van der Waals surface area contributed by atoms with E-state index in [1.54, 1.807) is 18.1 Å². The predicted octanol–water partition coefficient (Wildman–Crippen LogP) is 2.95. The molecule has 0 saturated carbocycles. The minimum atomic E-state index is -0.703. The molecule has 1 amide bonds. The van der Waals surface area contributed by atoms with Crippen LogP contribution in [0.3, 0.4) is 0 Å². The molecule has 0 aromatic heterocycles. The van der Waals surface area contributed by atoms with Crippen molar-refractivity contribution in [1.29, 1.82) is 0 Å². The molecule has 1 saturated heterocycles. The van der Waals surface area contributed by atoms with Gasteiger partial charge in [-0.2, -0.15) is 0 Å². The molecule has 0 N–H and O–H groups in total. The molecule has 0 aromatic carbocycles. The van der Waals surface area contributed by atoms with E-state index in [1.165, 1.54) is 0 Å². The molecular formula is C15H27NO4. The van der Waals surface area contributed by atoms with E-state index in [4.69, 9.17) is 14.2 Å². The van der Waals surface area contributed by atoms with Crippen molar-refractivity contribution in [2.75, 3.05) is 13.7 Å². The van der Waals surface area contributed by atoms with Crippen molar-refractivity contribution >= 4 is 6.09 Å². The van der Waals surface area contributed by atoms with Gasteiger partial charge in [-0.25, -0.2) is 4.79 Å². The summed E-state index contributed by atoms with van der Waals surface area (Å²) in [6, 6.07) is -0.178.